The van der Waals surface area contributed by atoms with E-state index in [0.29, 0.717) is 12.5 Å². The van der Waals surface area contributed by atoms with E-state index in [0.717, 1.165) is 12.1 Å². The molecule has 0 fully saturated rings. The Morgan fingerprint density at radius 1 is 1.35 bits per heavy atom. The summed E-state index contributed by atoms with van der Waals surface area (Å²) in [4.78, 5) is 12.0. The van der Waals surface area contributed by atoms with Crippen LogP contribution in [0.25, 0.3) is 0 Å². The molecule has 0 radical (unpaired) electrons. The van der Waals surface area contributed by atoms with E-state index < -0.39 is 6.04 Å². The summed E-state index contributed by atoms with van der Waals surface area (Å²) in [6.07, 6.45) is 3.66. The van der Waals surface area contributed by atoms with E-state index in [-0.39, 0.29) is 5.91 Å². The summed E-state index contributed by atoms with van der Waals surface area (Å²) in [5, 5.41) is 7.03. The third kappa shape index (κ3) is 3.93. The summed E-state index contributed by atoms with van der Waals surface area (Å²) in [6.45, 7) is 3.42. The Morgan fingerprint density at radius 3 is 2.75 bits per heavy atom. The zero-order valence-electron chi connectivity index (χ0n) is 11.6. The molecule has 1 aromatic heterocycles. The van der Waals surface area contributed by atoms with Gasteiger partial charge in [-0.3, -0.25) is 9.48 Å². The lowest BCUT2D eigenvalue weighted by Gasteiger charge is -2.16. The highest BCUT2D eigenvalue weighted by atomic mass is 16.2. The molecule has 0 saturated carbocycles. The molecule has 5 heteroatoms. The monoisotopic (exact) mass is 272 g/mol. The smallest absolute Gasteiger partial charge is 0.241 e. The molecular weight excluding hydrogens is 252 g/mol. The van der Waals surface area contributed by atoms with E-state index in [1.54, 1.807) is 6.20 Å². The van der Waals surface area contributed by atoms with Gasteiger partial charge in [-0.15, -0.1) is 0 Å². The molecule has 1 amide bonds. The first-order valence-electron chi connectivity index (χ1n) is 6.72. The van der Waals surface area contributed by atoms with Crippen molar-refractivity contribution < 1.29 is 4.79 Å². The fraction of sp³-hybridized carbons (Fsp3) is 0.333. The van der Waals surface area contributed by atoms with Gasteiger partial charge in [0.15, 0.2) is 0 Å². The summed E-state index contributed by atoms with van der Waals surface area (Å²) in [5.41, 5.74) is 6.76. The van der Waals surface area contributed by atoms with Crippen LogP contribution in [0.2, 0.25) is 0 Å². The molecule has 0 saturated heterocycles. The van der Waals surface area contributed by atoms with Crippen molar-refractivity contribution in [2.24, 2.45) is 11.7 Å². The van der Waals surface area contributed by atoms with Crippen LogP contribution in [-0.4, -0.2) is 22.2 Å². The summed E-state index contributed by atoms with van der Waals surface area (Å²) >= 11 is 0. The minimum Gasteiger partial charge on any atom is -0.354 e. The van der Waals surface area contributed by atoms with Crippen molar-refractivity contribution >= 4 is 5.91 Å². The maximum Gasteiger partial charge on any atom is 0.241 e. The first-order valence-corrected chi connectivity index (χ1v) is 6.72. The van der Waals surface area contributed by atoms with Crippen LogP contribution < -0.4 is 11.1 Å². The van der Waals surface area contributed by atoms with E-state index >= 15 is 0 Å². The average molecular weight is 272 g/mol. The topological polar surface area (TPSA) is 72.9 Å². The minimum atomic E-state index is -0.617. The quantitative estimate of drug-likeness (QED) is 0.833. The molecular formula is C15H20N4O. The predicted octanol–water partition coefficient (Wildman–Crippen LogP) is 1.34. The number of nitrogens with zero attached hydrogens (tertiary/aromatic N) is 2. The van der Waals surface area contributed by atoms with Gasteiger partial charge in [-0.1, -0.05) is 37.3 Å². The number of amides is 1. The van der Waals surface area contributed by atoms with Crippen molar-refractivity contribution in [3.05, 3.63) is 54.4 Å². The molecule has 0 aliphatic rings. The number of rotatable bonds is 6. The standard InChI is InChI=1S/C15H20N4O/c1-12(11-19-9-5-8-18-19)10-17-15(20)14(16)13-6-3-2-4-7-13/h2-9,12,14H,10-11,16H2,1H3,(H,17,20). The lowest BCUT2D eigenvalue weighted by Crippen LogP contribution is -2.37. The van der Waals surface area contributed by atoms with Gasteiger partial charge in [0.2, 0.25) is 5.91 Å². The van der Waals surface area contributed by atoms with Crippen molar-refractivity contribution in [2.45, 2.75) is 19.5 Å². The van der Waals surface area contributed by atoms with Gasteiger partial charge < -0.3 is 11.1 Å². The number of aromatic nitrogens is 2. The number of benzene rings is 1. The SMILES string of the molecule is CC(CNC(=O)C(N)c1ccccc1)Cn1cccn1. The first kappa shape index (κ1) is 14.3. The number of nitrogens with one attached hydrogen (secondary N) is 1. The third-order valence-electron chi connectivity index (χ3n) is 3.12. The highest BCUT2D eigenvalue weighted by molar-refractivity contribution is 5.82. The summed E-state index contributed by atoms with van der Waals surface area (Å²) in [6, 6.07) is 10.6. The first-order chi connectivity index (χ1) is 9.66. The van der Waals surface area contributed by atoms with Crippen LogP contribution in [0.15, 0.2) is 48.8 Å². The lowest BCUT2D eigenvalue weighted by molar-refractivity contribution is -0.122. The van der Waals surface area contributed by atoms with Crippen LogP contribution >= 0.6 is 0 Å². The number of carbonyl (C=O) groups excluding carboxylic acids is 1. The summed E-state index contributed by atoms with van der Waals surface area (Å²) in [7, 11) is 0. The Hall–Kier alpha value is -2.14. The second-order valence-corrected chi connectivity index (χ2v) is 4.97. The molecule has 3 N–H and O–H groups in total. The van der Waals surface area contributed by atoms with Gasteiger partial charge in [-0.05, 0) is 17.5 Å². The Morgan fingerprint density at radius 2 is 2.10 bits per heavy atom. The Labute approximate surface area is 118 Å². The molecule has 20 heavy (non-hydrogen) atoms. The molecule has 2 aromatic rings. The van der Waals surface area contributed by atoms with Gasteiger partial charge >= 0.3 is 0 Å². The number of hydrogen-bond acceptors (Lipinski definition) is 3. The van der Waals surface area contributed by atoms with Crippen LogP contribution in [0.4, 0.5) is 0 Å². The maximum absolute atomic E-state index is 12.0. The van der Waals surface area contributed by atoms with Crippen LogP contribution in [-0.2, 0) is 11.3 Å². The van der Waals surface area contributed by atoms with Gasteiger partial charge in [-0.25, -0.2) is 0 Å². The summed E-state index contributed by atoms with van der Waals surface area (Å²) < 4.78 is 1.86. The van der Waals surface area contributed by atoms with E-state index in [1.165, 1.54) is 0 Å². The predicted molar refractivity (Wildman–Crippen MR) is 77.8 cm³/mol. The molecule has 0 spiro atoms. The molecule has 0 aliphatic heterocycles. The molecule has 5 nitrogen and oxygen atoms in total. The van der Waals surface area contributed by atoms with Crippen molar-refractivity contribution in [1.29, 1.82) is 0 Å². The van der Waals surface area contributed by atoms with Crippen LogP contribution in [0.3, 0.4) is 0 Å². The van der Waals surface area contributed by atoms with E-state index in [4.69, 9.17) is 5.73 Å². The second-order valence-electron chi connectivity index (χ2n) is 4.97. The van der Waals surface area contributed by atoms with Crippen LogP contribution in [0.1, 0.15) is 18.5 Å². The molecule has 1 heterocycles. The number of hydrogen-bond donors (Lipinski definition) is 2. The number of nitrogens with two attached hydrogens (primary N) is 1. The van der Waals surface area contributed by atoms with Gasteiger partial charge in [0.25, 0.3) is 0 Å². The molecule has 2 rings (SSSR count). The molecule has 0 aliphatic carbocycles. The third-order valence-corrected chi connectivity index (χ3v) is 3.12. The molecule has 106 valence electrons. The number of carbonyl (C=O) groups is 1. The Bertz CT molecular complexity index is 524. The fourth-order valence-electron chi connectivity index (χ4n) is 1.99. The molecule has 2 atom stereocenters. The molecule has 1 aromatic carbocycles. The van der Waals surface area contributed by atoms with E-state index in [2.05, 4.69) is 17.3 Å². The Balaban J connectivity index is 1.80. The van der Waals surface area contributed by atoms with Gasteiger partial charge in [0.1, 0.15) is 6.04 Å². The van der Waals surface area contributed by atoms with Crippen LogP contribution in [0, 0.1) is 5.92 Å². The summed E-state index contributed by atoms with van der Waals surface area (Å²) in [5.74, 6) is 0.144. The highest BCUT2D eigenvalue weighted by Gasteiger charge is 2.15. The average Bonchev–Trinajstić information content (AvgIpc) is 2.97. The molecule has 0 bridgehead atoms. The van der Waals surface area contributed by atoms with Crippen molar-refractivity contribution in [1.82, 2.24) is 15.1 Å². The second kappa shape index (κ2) is 6.86. The van der Waals surface area contributed by atoms with Gasteiger partial charge in [0.05, 0.1) is 0 Å². The minimum absolute atomic E-state index is 0.150. The zero-order chi connectivity index (χ0) is 14.4. The zero-order valence-corrected chi connectivity index (χ0v) is 11.6. The lowest BCUT2D eigenvalue weighted by atomic mass is 10.1. The molecule has 2 unspecified atom stereocenters. The fourth-order valence-corrected chi connectivity index (χ4v) is 1.99. The largest absolute Gasteiger partial charge is 0.354 e. The van der Waals surface area contributed by atoms with Gasteiger partial charge in [-0.2, -0.15) is 5.10 Å². The van der Waals surface area contributed by atoms with Crippen molar-refractivity contribution in [2.75, 3.05) is 6.54 Å². The van der Waals surface area contributed by atoms with Gasteiger partial charge in [0, 0.05) is 25.5 Å². The van der Waals surface area contributed by atoms with Crippen molar-refractivity contribution in [3.63, 3.8) is 0 Å². The van der Waals surface area contributed by atoms with E-state index in [1.807, 2.05) is 47.3 Å². The van der Waals surface area contributed by atoms with Crippen LogP contribution in [0.5, 0.6) is 0 Å². The highest BCUT2D eigenvalue weighted by Crippen LogP contribution is 2.09. The maximum atomic E-state index is 12.0. The van der Waals surface area contributed by atoms with E-state index in [9.17, 15) is 4.79 Å². The van der Waals surface area contributed by atoms with Crippen molar-refractivity contribution in [3.8, 4) is 0 Å². The normalized spacial score (nSPS) is 13.7. The Kier molecular flexibility index (Phi) is 4.90.